The third kappa shape index (κ3) is 6.82. The van der Waals surface area contributed by atoms with Crippen LogP contribution in [0.1, 0.15) is 13.8 Å². The molecule has 0 N–H and O–H groups in total. The van der Waals surface area contributed by atoms with Gasteiger partial charge in [0.15, 0.2) is 5.16 Å². The largest absolute Gasteiger partial charge is 0.464 e. The Morgan fingerprint density at radius 1 is 1.23 bits per heavy atom. The van der Waals surface area contributed by atoms with Crippen LogP contribution in [0.3, 0.4) is 0 Å². The van der Waals surface area contributed by atoms with Gasteiger partial charge >= 0.3 is 18.3 Å². The molecule has 1 aromatic carbocycles. The Kier molecular flexibility index (Phi) is 7.61. The first-order chi connectivity index (χ1) is 13.9. The predicted molar refractivity (Wildman–Crippen MR) is 97.6 cm³/mol. The molecule has 13 heteroatoms. The fourth-order valence-electron chi connectivity index (χ4n) is 2.50. The van der Waals surface area contributed by atoms with E-state index >= 15 is 0 Å². The molecule has 30 heavy (non-hydrogen) atoms. The molecule has 166 valence electrons. The molecule has 0 fully saturated rings. The number of aromatic nitrogens is 3. The lowest BCUT2D eigenvalue weighted by atomic mass is 10.2. The van der Waals surface area contributed by atoms with E-state index in [4.69, 9.17) is 4.74 Å². The molecule has 1 aromatic heterocycles. The number of thioether (sulfide) groups is 1. The number of hydrogen-bond acceptors (Lipinski definition) is 6. The highest BCUT2D eigenvalue weighted by molar-refractivity contribution is 7.99. The molecular weight excluding hydrogens is 438 g/mol. The van der Waals surface area contributed by atoms with Crippen molar-refractivity contribution in [3.63, 3.8) is 0 Å². The highest BCUT2D eigenvalue weighted by Crippen LogP contribution is 2.30. The number of halogens is 6. The third-order valence-corrected chi connectivity index (χ3v) is 4.77. The zero-order chi connectivity index (χ0) is 22.5. The quantitative estimate of drug-likeness (QED) is 0.337. The molecule has 0 amide bonds. The van der Waals surface area contributed by atoms with Crippen LogP contribution in [0.15, 0.2) is 35.7 Å². The van der Waals surface area contributed by atoms with Gasteiger partial charge in [0, 0.05) is 5.69 Å². The third-order valence-electron chi connectivity index (χ3n) is 3.77. The Bertz CT molecular complexity index is 855. The Labute approximate surface area is 172 Å². The molecule has 0 saturated carbocycles. The lowest BCUT2D eigenvalue weighted by molar-refractivity contribution is -0.145. The number of esters is 1. The van der Waals surface area contributed by atoms with Crippen molar-refractivity contribution in [2.24, 2.45) is 0 Å². The van der Waals surface area contributed by atoms with E-state index in [-0.39, 0.29) is 23.1 Å². The zero-order valence-electron chi connectivity index (χ0n) is 15.9. The van der Waals surface area contributed by atoms with Crippen LogP contribution in [0, 0.1) is 0 Å². The molecular formula is C17H18F6N4O2S. The Hall–Kier alpha value is -2.44. The number of hydrogen-bond donors (Lipinski definition) is 0. The second-order valence-electron chi connectivity index (χ2n) is 6.08. The van der Waals surface area contributed by atoms with E-state index < -0.39 is 36.7 Å². The topological polar surface area (TPSA) is 60.2 Å². The van der Waals surface area contributed by atoms with Crippen molar-refractivity contribution < 1.29 is 35.9 Å². The van der Waals surface area contributed by atoms with Crippen molar-refractivity contribution in [3.05, 3.63) is 30.6 Å². The van der Waals surface area contributed by atoms with Gasteiger partial charge in [-0.2, -0.15) is 26.3 Å². The molecule has 2 rings (SSSR count). The lowest BCUT2D eigenvalue weighted by Gasteiger charge is -2.31. The van der Waals surface area contributed by atoms with Gasteiger partial charge in [0.1, 0.15) is 18.9 Å². The highest BCUT2D eigenvalue weighted by atomic mass is 32.2. The summed E-state index contributed by atoms with van der Waals surface area (Å²) in [7, 11) is 0. The second kappa shape index (κ2) is 9.58. The molecule has 6 nitrogen and oxygen atoms in total. The molecule has 2 aromatic rings. The minimum atomic E-state index is -4.61. The smallest absolute Gasteiger partial charge is 0.405 e. The van der Waals surface area contributed by atoms with Crippen LogP contribution in [0.2, 0.25) is 0 Å². The Morgan fingerprint density at radius 3 is 2.53 bits per heavy atom. The molecule has 1 unspecified atom stereocenters. The number of benzene rings is 1. The highest BCUT2D eigenvalue weighted by Gasteiger charge is 2.35. The van der Waals surface area contributed by atoms with Crippen molar-refractivity contribution in [1.29, 1.82) is 0 Å². The molecule has 1 heterocycles. The average Bonchev–Trinajstić information content (AvgIpc) is 3.11. The van der Waals surface area contributed by atoms with Gasteiger partial charge in [-0.1, -0.05) is 17.8 Å². The minimum Gasteiger partial charge on any atom is -0.464 e. The number of anilines is 1. The summed E-state index contributed by atoms with van der Waals surface area (Å²) in [4.78, 5) is 12.8. The van der Waals surface area contributed by atoms with Gasteiger partial charge in [0.05, 0.1) is 18.0 Å². The van der Waals surface area contributed by atoms with E-state index in [2.05, 4.69) is 10.2 Å². The van der Waals surface area contributed by atoms with Crippen molar-refractivity contribution in [2.45, 2.75) is 37.4 Å². The van der Waals surface area contributed by atoms with Crippen LogP contribution in [-0.4, -0.2) is 58.0 Å². The maximum absolute atomic E-state index is 13.1. The van der Waals surface area contributed by atoms with Crippen molar-refractivity contribution >= 4 is 23.4 Å². The number of alkyl halides is 6. The average molecular weight is 456 g/mol. The summed E-state index contributed by atoms with van der Waals surface area (Å²) in [6, 6.07) is 4.32. The number of ether oxygens (including phenoxy) is 1. The molecule has 0 radical (unpaired) electrons. The monoisotopic (exact) mass is 456 g/mol. The summed E-state index contributed by atoms with van der Waals surface area (Å²) in [5.74, 6) is -2.04. The van der Waals surface area contributed by atoms with Crippen LogP contribution in [0.5, 0.6) is 0 Å². The maximum Gasteiger partial charge on any atom is 0.405 e. The molecule has 0 aliphatic carbocycles. The predicted octanol–water partition coefficient (Wildman–Crippen LogP) is 4.24. The summed E-state index contributed by atoms with van der Waals surface area (Å²) in [5.41, 5.74) is 0.274. The van der Waals surface area contributed by atoms with Crippen molar-refractivity contribution in [1.82, 2.24) is 14.8 Å². The summed E-state index contributed by atoms with van der Waals surface area (Å²) >= 11 is 0.394. The SMILES string of the molecule is CCOC(=O)C(C)N(CC(F)(F)F)c1cccc(-n2cnnc2SCC(F)(F)F)c1. The molecule has 0 bridgehead atoms. The Morgan fingerprint density at radius 2 is 1.93 bits per heavy atom. The van der Waals surface area contributed by atoms with E-state index in [0.717, 1.165) is 11.2 Å². The van der Waals surface area contributed by atoms with Crippen molar-refractivity contribution in [2.75, 3.05) is 23.8 Å². The van der Waals surface area contributed by atoms with Crippen LogP contribution >= 0.6 is 11.8 Å². The van der Waals surface area contributed by atoms with Gasteiger partial charge < -0.3 is 9.64 Å². The van der Waals surface area contributed by atoms with E-state index in [9.17, 15) is 31.1 Å². The Balaban J connectivity index is 2.37. The van der Waals surface area contributed by atoms with E-state index in [1.165, 1.54) is 42.7 Å². The second-order valence-corrected chi connectivity index (χ2v) is 7.02. The maximum atomic E-state index is 13.1. The van der Waals surface area contributed by atoms with Gasteiger partial charge in [-0.25, -0.2) is 4.79 Å². The van der Waals surface area contributed by atoms with Gasteiger partial charge in [0.2, 0.25) is 0 Å². The number of nitrogens with zero attached hydrogens (tertiary/aromatic N) is 4. The number of carbonyl (C=O) groups excluding carboxylic acids is 1. The molecule has 1 atom stereocenters. The zero-order valence-corrected chi connectivity index (χ0v) is 16.7. The van der Waals surface area contributed by atoms with Crippen LogP contribution in [0.25, 0.3) is 5.69 Å². The summed E-state index contributed by atoms with van der Waals surface area (Å²) in [6.45, 7) is 1.39. The summed E-state index contributed by atoms with van der Waals surface area (Å²) in [6.07, 6.45) is -7.89. The van der Waals surface area contributed by atoms with Gasteiger partial charge in [0.25, 0.3) is 0 Å². The van der Waals surface area contributed by atoms with E-state index in [0.29, 0.717) is 11.8 Å². The first kappa shape index (κ1) is 23.8. The lowest BCUT2D eigenvalue weighted by Crippen LogP contribution is -2.45. The summed E-state index contributed by atoms with van der Waals surface area (Å²) < 4.78 is 82.9. The van der Waals surface area contributed by atoms with Crippen LogP contribution in [0.4, 0.5) is 32.0 Å². The van der Waals surface area contributed by atoms with Crippen molar-refractivity contribution in [3.8, 4) is 5.69 Å². The molecule has 0 spiro atoms. The van der Waals surface area contributed by atoms with Gasteiger partial charge in [-0.3, -0.25) is 4.57 Å². The van der Waals surface area contributed by atoms with E-state index in [1.807, 2.05) is 0 Å². The minimum absolute atomic E-state index is 0.00354. The standard InChI is InChI=1S/C17H18F6N4O2S/c1-3-29-14(28)11(2)26(8-16(18,19)20)12-5-4-6-13(7-12)27-10-24-25-15(27)30-9-17(21,22)23/h4-7,10-11H,3,8-9H2,1-2H3. The first-order valence-corrected chi connectivity index (χ1v) is 9.60. The fourth-order valence-corrected chi connectivity index (χ4v) is 3.19. The molecule has 0 aliphatic heterocycles. The van der Waals surface area contributed by atoms with E-state index in [1.54, 1.807) is 0 Å². The normalized spacial score (nSPS) is 13.2. The number of carbonyl (C=O) groups is 1. The first-order valence-electron chi connectivity index (χ1n) is 8.61. The van der Waals surface area contributed by atoms with Gasteiger partial charge in [-0.05, 0) is 32.0 Å². The molecule has 0 saturated heterocycles. The van der Waals surface area contributed by atoms with Gasteiger partial charge in [-0.15, -0.1) is 10.2 Å². The number of rotatable bonds is 8. The fraction of sp³-hybridized carbons (Fsp3) is 0.471. The molecule has 0 aliphatic rings. The van der Waals surface area contributed by atoms with Crippen LogP contribution in [-0.2, 0) is 9.53 Å². The van der Waals surface area contributed by atoms with Crippen LogP contribution < -0.4 is 4.90 Å². The summed E-state index contributed by atoms with van der Waals surface area (Å²) in [5, 5.41) is 7.12.